The van der Waals surface area contributed by atoms with Gasteiger partial charge in [-0.2, -0.15) is 0 Å². The van der Waals surface area contributed by atoms with Crippen LogP contribution in [0.15, 0.2) is 47.4 Å². The van der Waals surface area contributed by atoms with Crippen molar-refractivity contribution in [3.63, 3.8) is 0 Å². The van der Waals surface area contributed by atoms with Crippen molar-refractivity contribution in [2.24, 2.45) is 0 Å². The number of benzene rings is 2. The molecule has 0 aliphatic carbocycles. The lowest BCUT2D eigenvalue weighted by molar-refractivity contribution is 0.102. The number of carbonyl (C=O) groups is 1. The van der Waals surface area contributed by atoms with Crippen LogP contribution in [-0.2, 0) is 0 Å². The molecule has 0 fully saturated rings. The highest BCUT2D eigenvalue weighted by Gasteiger charge is 2.20. The Morgan fingerprint density at radius 2 is 1.88 bits per heavy atom. The molecular weight excluding hydrogens is 234 g/mol. The fourth-order valence-corrected chi connectivity index (χ4v) is 1.96. The minimum atomic E-state index is -0.180. The van der Waals surface area contributed by atoms with Crippen molar-refractivity contribution in [2.45, 2.75) is 4.90 Å². The number of carbonyl (C=O) groups excluding carboxylic acids is 1. The average Bonchev–Trinajstić information content (AvgIpc) is 2.46. The minimum Gasteiger partial charge on any atom is -0.454 e. The van der Waals surface area contributed by atoms with Gasteiger partial charge in [0.1, 0.15) is 5.75 Å². The minimum absolute atomic E-state index is 0.180. The van der Waals surface area contributed by atoms with E-state index in [0.29, 0.717) is 22.7 Å². The Labute approximate surface area is 104 Å². The molecule has 1 aliphatic heterocycles. The molecule has 2 aromatic rings. The molecule has 0 atom stereocenters. The van der Waals surface area contributed by atoms with Gasteiger partial charge in [-0.3, -0.25) is 4.79 Å². The number of hydrogen-bond donors (Lipinski definition) is 2. The molecule has 0 saturated carbocycles. The van der Waals surface area contributed by atoms with Crippen molar-refractivity contribution >= 4 is 24.2 Å². The summed E-state index contributed by atoms with van der Waals surface area (Å²) in [6.45, 7) is 0. The van der Waals surface area contributed by atoms with Crippen molar-refractivity contribution in [3.05, 3.63) is 48.0 Å². The summed E-state index contributed by atoms with van der Waals surface area (Å²) in [5, 5.41) is 2.81. The number of rotatable bonds is 0. The van der Waals surface area contributed by atoms with Crippen LogP contribution in [0.25, 0.3) is 0 Å². The lowest BCUT2D eigenvalue weighted by Gasteiger charge is -2.06. The van der Waals surface area contributed by atoms with Gasteiger partial charge in [0.05, 0.1) is 11.3 Å². The van der Waals surface area contributed by atoms with Crippen LogP contribution in [0.4, 0.5) is 5.69 Å². The van der Waals surface area contributed by atoms with Gasteiger partial charge >= 0.3 is 0 Å². The van der Waals surface area contributed by atoms with Gasteiger partial charge in [0.25, 0.3) is 5.91 Å². The number of thiol groups is 1. The van der Waals surface area contributed by atoms with E-state index in [2.05, 4.69) is 17.9 Å². The summed E-state index contributed by atoms with van der Waals surface area (Å²) in [5.41, 5.74) is 1.17. The predicted molar refractivity (Wildman–Crippen MR) is 68.2 cm³/mol. The SMILES string of the molecule is O=C1Nc2ccccc2Oc2ccc(S)cc21. The Morgan fingerprint density at radius 3 is 2.76 bits per heavy atom. The molecule has 1 N–H and O–H groups in total. The van der Waals surface area contributed by atoms with Crippen LogP contribution < -0.4 is 10.1 Å². The molecule has 3 nitrogen and oxygen atoms in total. The molecule has 0 radical (unpaired) electrons. The normalized spacial score (nSPS) is 12.9. The van der Waals surface area contributed by atoms with Crippen molar-refractivity contribution < 1.29 is 9.53 Å². The highest BCUT2D eigenvalue weighted by atomic mass is 32.1. The molecule has 0 spiro atoms. The van der Waals surface area contributed by atoms with E-state index in [9.17, 15) is 4.79 Å². The zero-order valence-electron chi connectivity index (χ0n) is 8.81. The first kappa shape index (κ1) is 10.2. The van der Waals surface area contributed by atoms with E-state index in [1.165, 1.54) is 0 Å². The zero-order valence-corrected chi connectivity index (χ0v) is 9.70. The summed E-state index contributed by atoms with van der Waals surface area (Å²) >= 11 is 4.22. The Bertz CT molecular complexity index is 610. The lowest BCUT2D eigenvalue weighted by Crippen LogP contribution is -2.10. The third-order valence-corrected chi connectivity index (χ3v) is 2.84. The second-order valence-electron chi connectivity index (χ2n) is 3.73. The summed E-state index contributed by atoms with van der Waals surface area (Å²) in [4.78, 5) is 12.7. The Balaban J connectivity index is 2.17. The van der Waals surface area contributed by atoms with Crippen molar-refractivity contribution in [1.82, 2.24) is 0 Å². The zero-order chi connectivity index (χ0) is 11.8. The quantitative estimate of drug-likeness (QED) is 0.696. The number of para-hydroxylation sites is 2. The third-order valence-electron chi connectivity index (χ3n) is 2.56. The van der Waals surface area contributed by atoms with Gasteiger partial charge in [0.2, 0.25) is 0 Å². The van der Waals surface area contributed by atoms with Gasteiger partial charge < -0.3 is 10.1 Å². The third kappa shape index (κ3) is 1.76. The fourth-order valence-electron chi connectivity index (χ4n) is 1.75. The van der Waals surface area contributed by atoms with Gasteiger partial charge in [-0.25, -0.2) is 0 Å². The number of amides is 1. The van der Waals surface area contributed by atoms with Gasteiger partial charge in [-0.05, 0) is 30.3 Å². The first-order valence-electron chi connectivity index (χ1n) is 5.15. The summed E-state index contributed by atoms with van der Waals surface area (Å²) in [6.07, 6.45) is 0. The molecule has 0 unspecified atom stereocenters. The number of fused-ring (bicyclic) bond motifs is 2. The second-order valence-corrected chi connectivity index (χ2v) is 4.25. The Morgan fingerprint density at radius 1 is 1.06 bits per heavy atom. The van der Waals surface area contributed by atoms with Gasteiger partial charge in [-0.1, -0.05) is 12.1 Å². The number of hydrogen-bond acceptors (Lipinski definition) is 3. The van der Waals surface area contributed by atoms with Crippen molar-refractivity contribution in [2.75, 3.05) is 5.32 Å². The van der Waals surface area contributed by atoms with Gasteiger partial charge in [0.15, 0.2) is 5.75 Å². The Kier molecular flexibility index (Phi) is 2.30. The molecule has 2 aromatic carbocycles. The van der Waals surface area contributed by atoms with E-state index in [-0.39, 0.29) is 5.91 Å². The van der Waals surface area contributed by atoms with E-state index >= 15 is 0 Å². The molecule has 0 saturated heterocycles. The molecule has 1 amide bonds. The summed E-state index contributed by atoms with van der Waals surface area (Å²) in [6, 6.07) is 12.6. The van der Waals surface area contributed by atoms with Crippen LogP contribution >= 0.6 is 12.6 Å². The van der Waals surface area contributed by atoms with E-state index in [4.69, 9.17) is 4.74 Å². The molecule has 4 heteroatoms. The van der Waals surface area contributed by atoms with E-state index in [1.807, 2.05) is 18.2 Å². The van der Waals surface area contributed by atoms with E-state index < -0.39 is 0 Å². The van der Waals surface area contributed by atoms with Crippen LogP contribution in [0.2, 0.25) is 0 Å². The van der Waals surface area contributed by atoms with E-state index in [1.54, 1.807) is 24.3 Å². The average molecular weight is 243 g/mol. The molecule has 17 heavy (non-hydrogen) atoms. The topological polar surface area (TPSA) is 38.3 Å². The predicted octanol–water partition coefficient (Wildman–Crippen LogP) is 3.33. The largest absolute Gasteiger partial charge is 0.454 e. The molecule has 84 valence electrons. The standard InChI is InChI=1S/C13H9NO2S/c15-13-9-7-8(17)5-6-11(9)16-12-4-2-1-3-10(12)14-13/h1-7,17H,(H,14,15). The summed E-state index contributed by atoms with van der Waals surface area (Å²) in [5.74, 6) is 1.01. The van der Waals surface area contributed by atoms with Crippen LogP contribution in [0.5, 0.6) is 11.5 Å². The molecular formula is C13H9NO2S. The first-order chi connectivity index (χ1) is 8.24. The van der Waals surface area contributed by atoms with Crippen LogP contribution in [-0.4, -0.2) is 5.91 Å². The van der Waals surface area contributed by atoms with Gasteiger partial charge in [0, 0.05) is 4.90 Å². The number of nitrogens with one attached hydrogen (secondary N) is 1. The maximum Gasteiger partial charge on any atom is 0.259 e. The van der Waals surface area contributed by atoms with Crippen LogP contribution in [0, 0.1) is 0 Å². The van der Waals surface area contributed by atoms with Crippen molar-refractivity contribution in [1.29, 1.82) is 0 Å². The number of ether oxygens (including phenoxy) is 1. The maximum atomic E-state index is 12.0. The highest BCUT2D eigenvalue weighted by Crippen LogP contribution is 2.35. The van der Waals surface area contributed by atoms with Crippen LogP contribution in [0.1, 0.15) is 10.4 Å². The van der Waals surface area contributed by atoms with E-state index in [0.717, 1.165) is 4.90 Å². The highest BCUT2D eigenvalue weighted by molar-refractivity contribution is 7.80. The monoisotopic (exact) mass is 243 g/mol. The summed E-state index contributed by atoms with van der Waals surface area (Å²) < 4.78 is 5.71. The molecule has 0 bridgehead atoms. The van der Waals surface area contributed by atoms with Crippen molar-refractivity contribution in [3.8, 4) is 11.5 Å². The lowest BCUT2D eigenvalue weighted by atomic mass is 10.2. The maximum absolute atomic E-state index is 12.0. The molecule has 1 aliphatic rings. The second kappa shape index (κ2) is 3.82. The molecule has 3 rings (SSSR count). The molecule has 0 aromatic heterocycles. The molecule has 1 heterocycles. The fraction of sp³-hybridized carbons (Fsp3) is 0. The first-order valence-corrected chi connectivity index (χ1v) is 5.60. The van der Waals surface area contributed by atoms with Crippen LogP contribution in [0.3, 0.4) is 0 Å². The smallest absolute Gasteiger partial charge is 0.259 e. The number of anilines is 1. The van der Waals surface area contributed by atoms with Gasteiger partial charge in [-0.15, -0.1) is 12.6 Å². The summed E-state index contributed by atoms with van der Waals surface area (Å²) in [7, 11) is 0. The Hall–Kier alpha value is -1.94.